The fourth-order valence-electron chi connectivity index (χ4n) is 3.54. The normalized spacial score (nSPS) is 13.0. The van der Waals surface area contributed by atoms with E-state index in [4.69, 9.17) is 9.47 Å². The van der Waals surface area contributed by atoms with E-state index in [0.717, 1.165) is 0 Å². The van der Waals surface area contributed by atoms with Crippen LogP contribution in [0.3, 0.4) is 0 Å². The maximum atomic E-state index is 13.8. The topological polar surface area (TPSA) is 52.6 Å². The van der Waals surface area contributed by atoms with E-state index >= 15 is 0 Å². The molecule has 0 saturated heterocycles. The van der Waals surface area contributed by atoms with Crippen molar-refractivity contribution in [2.45, 2.75) is 50.6 Å². The molecule has 0 amide bonds. The summed E-state index contributed by atoms with van der Waals surface area (Å²) in [7, 11) is -4.20. The molecule has 0 saturated carbocycles. The van der Waals surface area contributed by atoms with Gasteiger partial charge in [-0.3, -0.25) is 9.59 Å². The van der Waals surface area contributed by atoms with Crippen LogP contribution in [-0.2, 0) is 9.47 Å². The van der Waals surface area contributed by atoms with E-state index in [9.17, 15) is 9.59 Å². The van der Waals surface area contributed by atoms with E-state index in [-0.39, 0.29) is 54.7 Å². The van der Waals surface area contributed by atoms with E-state index in [1.807, 2.05) is 27.7 Å². The second kappa shape index (κ2) is 15.0. The van der Waals surface area contributed by atoms with Crippen LogP contribution in [0.15, 0.2) is 0 Å². The lowest BCUT2D eigenvalue weighted by atomic mass is 10.2. The molecule has 0 atom stereocenters. The highest BCUT2D eigenvalue weighted by Crippen LogP contribution is 2.58. The summed E-state index contributed by atoms with van der Waals surface area (Å²) in [4.78, 5) is 27.6. The molecule has 0 fully saturated rings. The van der Waals surface area contributed by atoms with Crippen molar-refractivity contribution < 1.29 is 19.1 Å². The monoisotopic (exact) mass is 528 g/mol. The predicted molar refractivity (Wildman–Crippen MR) is 150 cm³/mol. The smallest absolute Gasteiger partial charge is 0.313 e. The highest BCUT2D eigenvalue weighted by atomic mass is 31.2. The largest absolute Gasteiger partial charge is 0.469 e. The van der Waals surface area contributed by atoms with Gasteiger partial charge in [-0.25, -0.2) is 0 Å². The van der Waals surface area contributed by atoms with Crippen molar-refractivity contribution in [3.63, 3.8) is 0 Å². The summed E-state index contributed by atoms with van der Waals surface area (Å²) in [5, 5.41) is 0.853. The SMILES string of the molecule is CC(C)COC(=O)[Si](CC(P(C)C)P(C)C)(CC(P(C)C)P(C)C)C(=O)OCC(C)C. The van der Waals surface area contributed by atoms with E-state index in [1.165, 1.54) is 0 Å². The Balaban J connectivity index is 6.47. The molecule has 31 heavy (non-hydrogen) atoms. The Morgan fingerprint density at radius 2 is 0.871 bits per heavy atom. The van der Waals surface area contributed by atoms with Gasteiger partial charge in [0.1, 0.15) is 0 Å². The molecule has 0 aliphatic carbocycles. The van der Waals surface area contributed by atoms with Gasteiger partial charge >= 0.3 is 8.07 Å². The molecule has 0 N–H and O–H groups in total. The summed E-state index contributed by atoms with van der Waals surface area (Å²) in [6, 6.07) is 1.39. The van der Waals surface area contributed by atoms with Gasteiger partial charge in [-0.15, -0.1) is 31.7 Å². The number of hydrogen-bond acceptors (Lipinski definition) is 4. The zero-order valence-corrected chi connectivity index (χ0v) is 26.6. The molecular formula is C22H48O4P4Si. The summed E-state index contributed by atoms with van der Waals surface area (Å²) < 4.78 is 11.7. The van der Waals surface area contributed by atoms with Gasteiger partial charge in [-0.2, -0.15) is 0 Å². The molecule has 9 heteroatoms. The fourth-order valence-corrected chi connectivity index (χ4v) is 23.5. The van der Waals surface area contributed by atoms with Crippen molar-refractivity contribution in [3.8, 4) is 0 Å². The third-order valence-electron chi connectivity index (χ3n) is 5.32. The highest BCUT2D eigenvalue weighted by molar-refractivity contribution is 7.75. The average molecular weight is 529 g/mol. The minimum atomic E-state index is -3.17. The van der Waals surface area contributed by atoms with Gasteiger partial charge in [0.25, 0.3) is 11.2 Å². The van der Waals surface area contributed by atoms with Crippen molar-refractivity contribution >= 4 is 50.9 Å². The van der Waals surface area contributed by atoms with Gasteiger partial charge in [-0.05, 0) is 88.0 Å². The van der Waals surface area contributed by atoms with Crippen LogP contribution in [-0.4, -0.2) is 96.6 Å². The first-order valence-electron chi connectivity index (χ1n) is 11.2. The molecule has 0 aliphatic heterocycles. The summed E-state index contributed by atoms with van der Waals surface area (Å²) in [5.41, 5.74) is -0.431. The summed E-state index contributed by atoms with van der Waals surface area (Å²) in [6.45, 7) is 27.2. The third kappa shape index (κ3) is 10.8. The van der Waals surface area contributed by atoms with Crippen LogP contribution in [0.25, 0.3) is 0 Å². The molecule has 0 rings (SSSR count). The van der Waals surface area contributed by atoms with Crippen molar-refractivity contribution in [2.24, 2.45) is 11.8 Å². The van der Waals surface area contributed by atoms with Gasteiger partial charge in [0.2, 0.25) is 0 Å². The molecule has 0 aromatic heterocycles. The molecule has 184 valence electrons. The third-order valence-corrected chi connectivity index (χ3v) is 21.8. The Hall–Kier alpha value is 0.877. The first-order valence-corrected chi connectivity index (χ1v) is 22.8. The Morgan fingerprint density at radius 3 is 1.06 bits per heavy atom. The average Bonchev–Trinajstić information content (AvgIpc) is 2.63. The minimum absolute atomic E-state index is 0.215. The summed E-state index contributed by atoms with van der Waals surface area (Å²) in [6.07, 6.45) is 0. The standard InChI is InChI=1S/C22H48O4P4Si/c1-17(2)13-25-21(23)31(22(24)26-14-18(3)4,15-19(27(5)6)28(7)8)16-20(29(9)10)30(11)12/h17-20H,13-16H2,1-12H3. The second-order valence-corrected chi connectivity index (χ2v) is 25.1. The molecular weight excluding hydrogens is 480 g/mol. The van der Waals surface area contributed by atoms with Crippen LogP contribution < -0.4 is 0 Å². The second-order valence-electron chi connectivity index (χ2n) is 10.3. The van der Waals surface area contributed by atoms with E-state index in [0.29, 0.717) is 36.1 Å². The summed E-state index contributed by atoms with van der Waals surface area (Å²) in [5.74, 6) is 0.503. The van der Waals surface area contributed by atoms with Crippen LogP contribution in [0.4, 0.5) is 9.59 Å². The van der Waals surface area contributed by atoms with Crippen LogP contribution in [0.5, 0.6) is 0 Å². The summed E-state index contributed by atoms with van der Waals surface area (Å²) >= 11 is 0. The lowest BCUT2D eigenvalue weighted by Gasteiger charge is -2.38. The van der Waals surface area contributed by atoms with Crippen LogP contribution in [0.1, 0.15) is 27.7 Å². The zero-order valence-electron chi connectivity index (χ0n) is 22.1. The molecule has 0 spiro atoms. The molecule has 0 unspecified atom stereocenters. The molecule has 0 heterocycles. The lowest BCUT2D eigenvalue weighted by molar-refractivity contribution is 0.146. The van der Waals surface area contributed by atoms with Crippen LogP contribution in [0.2, 0.25) is 12.1 Å². The van der Waals surface area contributed by atoms with E-state index in [1.54, 1.807) is 0 Å². The maximum Gasteiger partial charge on any atom is 0.313 e. The molecule has 0 aromatic carbocycles. The molecule has 0 aliphatic rings. The van der Waals surface area contributed by atoms with Gasteiger partial charge < -0.3 is 9.47 Å². The van der Waals surface area contributed by atoms with Gasteiger partial charge in [-0.1, -0.05) is 27.7 Å². The quantitative estimate of drug-likeness (QED) is 0.171. The van der Waals surface area contributed by atoms with Gasteiger partial charge in [0.05, 0.1) is 13.2 Å². The lowest BCUT2D eigenvalue weighted by Crippen LogP contribution is -2.56. The number of rotatable bonds is 14. The van der Waals surface area contributed by atoms with Crippen molar-refractivity contribution in [1.29, 1.82) is 0 Å². The maximum absolute atomic E-state index is 13.8. The first-order chi connectivity index (χ1) is 14.2. The Kier molecular flexibility index (Phi) is 15.4. The van der Waals surface area contributed by atoms with Crippen molar-refractivity contribution in [2.75, 3.05) is 66.5 Å². The van der Waals surface area contributed by atoms with Gasteiger partial charge in [0, 0.05) is 0 Å². The number of ether oxygens (including phenoxy) is 2. The van der Waals surface area contributed by atoms with Crippen LogP contribution >= 0.6 is 31.7 Å². The molecule has 0 aromatic rings. The minimum Gasteiger partial charge on any atom is -0.469 e. The Labute approximate surface area is 198 Å². The number of hydrogen-bond donors (Lipinski definition) is 0. The van der Waals surface area contributed by atoms with E-state index < -0.39 is 8.07 Å². The Morgan fingerprint density at radius 1 is 0.613 bits per heavy atom. The van der Waals surface area contributed by atoms with Crippen LogP contribution in [0, 0.1) is 11.8 Å². The van der Waals surface area contributed by atoms with E-state index in [2.05, 4.69) is 53.3 Å². The number of carbonyl (C=O) groups is 2. The predicted octanol–water partition coefficient (Wildman–Crippen LogP) is 7.80. The fraction of sp³-hybridized carbons (Fsp3) is 0.909. The molecule has 4 nitrogen and oxygen atoms in total. The first kappa shape index (κ1) is 31.9. The Bertz CT molecular complexity index is 490. The highest BCUT2D eigenvalue weighted by Gasteiger charge is 2.56. The number of carbonyl (C=O) groups excluding carboxylic acids is 2. The van der Waals surface area contributed by atoms with Crippen molar-refractivity contribution in [3.05, 3.63) is 0 Å². The van der Waals surface area contributed by atoms with Crippen molar-refractivity contribution in [1.82, 2.24) is 0 Å². The zero-order chi connectivity index (χ0) is 24.5. The molecule has 0 bridgehead atoms. The van der Waals surface area contributed by atoms with Gasteiger partial charge in [0.15, 0.2) is 0 Å². The molecule has 0 radical (unpaired) electrons.